The number of hydrogen-bond acceptors (Lipinski definition) is 4. The predicted molar refractivity (Wildman–Crippen MR) is 58.7 cm³/mol. The highest BCUT2D eigenvalue weighted by atomic mass is 32.2. The van der Waals surface area contributed by atoms with Gasteiger partial charge in [0.25, 0.3) is 0 Å². The molecule has 0 bridgehead atoms. The molecule has 1 saturated heterocycles. The molecule has 0 aliphatic carbocycles. The number of carboxylic acid groups (broad SMARTS) is 1. The quantitative estimate of drug-likeness (QED) is 0.796. The van der Waals surface area contributed by atoms with E-state index in [9.17, 15) is 18.3 Å². The Labute approximate surface area is 98.7 Å². The Balaban J connectivity index is 2.40. The van der Waals surface area contributed by atoms with Gasteiger partial charge in [-0.15, -0.1) is 0 Å². The molecule has 0 spiro atoms. The molecule has 0 amide bonds. The van der Waals surface area contributed by atoms with Crippen molar-refractivity contribution in [2.75, 3.05) is 12.3 Å². The van der Waals surface area contributed by atoms with Crippen LogP contribution in [-0.2, 0) is 21.9 Å². The van der Waals surface area contributed by atoms with E-state index in [2.05, 4.69) is 5.10 Å². The largest absolute Gasteiger partial charge is 0.480 e. The zero-order valence-electron chi connectivity index (χ0n) is 9.28. The summed E-state index contributed by atoms with van der Waals surface area (Å²) in [5.41, 5.74) is 0.380. The lowest BCUT2D eigenvalue weighted by molar-refractivity contribution is -0.141. The molecule has 1 unspecified atom stereocenters. The van der Waals surface area contributed by atoms with Crippen LogP contribution in [0.25, 0.3) is 0 Å². The zero-order chi connectivity index (χ0) is 12.6. The van der Waals surface area contributed by atoms with Gasteiger partial charge < -0.3 is 5.11 Å². The number of carbonyl (C=O) groups is 1. The summed E-state index contributed by atoms with van der Waals surface area (Å²) >= 11 is 0. The number of rotatable bonds is 3. The van der Waals surface area contributed by atoms with Crippen LogP contribution in [-0.4, -0.2) is 45.9 Å². The highest BCUT2D eigenvalue weighted by Gasteiger charge is 2.39. The molecule has 1 aromatic heterocycles. The Morgan fingerprint density at radius 2 is 2.29 bits per heavy atom. The summed E-state index contributed by atoms with van der Waals surface area (Å²) in [5, 5.41) is 13.1. The summed E-state index contributed by atoms with van der Waals surface area (Å²) in [6.45, 7) is 0.244. The van der Waals surface area contributed by atoms with Crippen molar-refractivity contribution in [1.82, 2.24) is 14.1 Å². The first kappa shape index (κ1) is 12.1. The van der Waals surface area contributed by atoms with Crippen LogP contribution >= 0.6 is 0 Å². The van der Waals surface area contributed by atoms with Gasteiger partial charge in [0.15, 0.2) is 0 Å². The maximum atomic E-state index is 11.7. The maximum Gasteiger partial charge on any atom is 0.326 e. The molecule has 1 aromatic rings. The van der Waals surface area contributed by atoms with Crippen molar-refractivity contribution in [2.24, 2.45) is 7.05 Å². The fourth-order valence-electron chi connectivity index (χ4n) is 1.96. The van der Waals surface area contributed by atoms with Gasteiger partial charge in [-0.25, -0.2) is 8.42 Å². The molecule has 2 heterocycles. The van der Waals surface area contributed by atoms with E-state index in [1.54, 1.807) is 7.05 Å². The summed E-state index contributed by atoms with van der Waals surface area (Å²) in [5.74, 6) is -1.17. The monoisotopic (exact) mass is 259 g/mol. The van der Waals surface area contributed by atoms with Gasteiger partial charge in [0.1, 0.15) is 6.04 Å². The van der Waals surface area contributed by atoms with Crippen molar-refractivity contribution in [3.63, 3.8) is 0 Å². The van der Waals surface area contributed by atoms with E-state index < -0.39 is 22.0 Å². The first-order chi connectivity index (χ1) is 7.92. The second-order valence-corrected chi connectivity index (χ2v) is 6.01. The van der Waals surface area contributed by atoms with Crippen molar-refractivity contribution < 1.29 is 18.3 Å². The number of aromatic nitrogens is 2. The Kier molecular flexibility index (Phi) is 2.92. The number of nitrogens with zero attached hydrogens (tertiary/aromatic N) is 3. The minimum Gasteiger partial charge on any atom is -0.480 e. The highest BCUT2D eigenvalue weighted by molar-refractivity contribution is 7.89. The fourth-order valence-corrected chi connectivity index (χ4v) is 3.63. The van der Waals surface area contributed by atoms with Gasteiger partial charge in [-0.3, -0.25) is 9.48 Å². The molecule has 0 radical (unpaired) electrons. The average molecular weight is 259 g/mol. The van der Waals surface area contributed by atoms with Crippen molar-refractivity contribution in [2.45, 2.75) is 12.5 Å². The van der Waals surface area contributed by atoms with Gasteiger partial charge in [-0.2, -0.15) is 9.40 Å². The van der Waals surface area contributed by atoms with Gasteiger partial charge in [-0.1, -0.05) is 0 Å². The maximum absolute atomic E-state index is 11.7. The SMILES string of the molecule is Cn1cc(C(C(=O)O)N2CCCS2(=O)=O)cn1. The van der Waals surface area contributed by atoms with Crippen molar-refractivity contribution >= 4 is 16.0 Å². The number of aliphatic carboxylic acids is 1. The second kappa shape index (κ2) is 4.11. The van der Waals surface area contributed by atoms with E-state index in [0.717, 1.165) is 4.31 Å². The third-order valence-corrected chi connectivity index (χ3v) is 4.61. The molecule has 1 fully saturated rings. The number of hydrogen-bond donors (Lipinski definition) is 1. The van der Waals surface area contributed by atoms with Gasteiger partial charge in [0.2, 0.25) is 10.0 Å². The molecule has 0 saturated carbocycles. The van der Waals surface area contributed by atoms with Crippen LogP contribution in [0.5, 0.6) is 0 Å². The first-order valence-electron chi connectivity index (χ1n) is 5.13. The normalized spacial score (nSPS) is 21.5. The first-order valence-corrected chi connectivity index (χ1v) is 6.73. The molecular formula is C9H13N3O4S. The Hall–Kier alpha value is -1.41. The summed E-state index contributed by atoms with van der Waals surface area (Å²) in [4.78, 5) is 11.2. The molecule has 7 nitrogen and oxygen atoms in total. The standard InChI is InChI=1S/C9H13N3O4S/c1-11-6-7(5-10-11)8(9(13)14)12-3-2-4-17(12,15)16/h5-6,8H,2-4H2,1H3,(H,13,14). The Bertz CT molecular complexity index is 536. The summed E-state index contributed by atoms with van der Waals surface area (Å²) in [7, 11) is -1.80. The third-order valence-electron chi connectivity index (χ3n) is 2.70. The number of carboxylic acids is 1. The van der Waals surface area contributed by atoms with Gasteiger partial charge in [-0.05, 0) is 6.42 Å². The number of aryl methyl sites for hydroxylation is 1. The lowest BCUT2D eigenvalue weighted by atomic mass is 10.1. The van der Waals surface area contributed by atoms with E-state index >= 15 is 0 Å². The van der Waals surface area contributed by atoms with E-state index in [-0.39, 0.29) is 12.3 Å². The topological polar surface area (TPSA) is 92.5 Å². The molecule has 1 aliphatic heterocycles. The summed E-state index contributed by atoms with van der Waals surface area (Å²) < 4.78 is 25.9. The van der Waals surface area contributed by atoms with E-state index in [4.69, 9.17) is 0 Å². The summed E-state index contributed by atoms with van der Waals surface area (Å²) in [6.07, 6.45) is 3.37. The van der Waals surface area contributed by atoms with Crippen LogP contribution in [0.2, 0.25) is 0 Å². The van der Waals surface area contributed by atoms with Crippen LogP contribution in [0.15, 0.2) is 12.4 Å². The molecule has 1 aliphatic rings. The molecule has 94 valence electrons. The van der Waals surface area contributed by atoms with E-state index in [1.165, 1.54) is 17.1 Å². The Morgan fingerprint density at radius 1 is 1.59 bits per heavy atom. The van der Waals surface area contributed by atoms with Crippen LogP contribution in [0.1, 0.15) is 18.0 Å². The van der Waals surface area contributed by atoms with Crippen molar-refractivity contribution in [3.05, 3.63) is 18.0 Å². The van der Waals surface area contributed by atoms with Gasteiger partial charge in [0, 0.05) is 25.4 Å². The Morgan fingerprint density at radius 3 is 2.71 bits per heavy atom. The minimum absolute atomic E-state index is 0.0110. The lowest BCUT2D eigenvalue weighted by Crippen LogP contribution is -2.35. The fraction of sp³-hybridized carbons (Fsp3) is 0.556. The van der Waals surface area contributed by atoms with Crippen LogP contribution < -0.4 is 0 Å². The van der Waals surface area contributed by atoms with Crippen LogP contribution in [0.3, 0.4) is 0 Å². The lowest BCUT2D eigenvalue weighted by Gasteiger charge is -2.21. The second-order valence-electron chi connectivity index (χ2n) is 3.97. The van der Waals surface area contributed by atoms with E-state index in [1.807, 2.05) is 0 Å². The zero-order valence-corrected chi connectivity index (χ0v) is 10.1. The molecule has 8 heteroatoms. The van der Waals surface area contributed by atoms with Crippen molar-refractivity contribution in [3.8, 4) is 0 Å². The van der Waals surface area contributed by atoms with Gasteiger partial charge >= 0.3 is 5.97 Å². The predicted octanol–water partition coefficient (Wildman–Crippen LogP) is -0.419. The molecule has 0 aromatic carbocycles. The molecule has 17 heavy (non-hydrogen) atoms. The highest BCUT2D eigenvalue weighted by Crippen LogP contribution is 2.28. The third kappa shape index (κ3) is 2.18. The van der Waals surface area contributed by atoms with Gasteiger partial charge in [0.05, 0.1) is 11.9 Å². The molecule has 1 N–H and O–H groups in total. The minimum atomic E-state index is -3.45. The molecule has 2 rings (SSSR count). The van der Waals surface area contributed by atoms with E-state index in [0.29, 0.717) is 12.0 Å². The summed E-state index contributed by atoms with van der Waals surface area (Å²) in [6, 6.07) is -1.17. The molecular weight excluding hydrogens is 246 g/mol. The van der Waals surface area contributed by atoms with Crippen LogP contribution in [0, 0.1) is 0 Å². The van der Waals surface area contributed by atoms with Crippen molar-refractivity contribution in [1.29, 1.82) is 0 Å². The van der Waals surface area contributed by atoms with Crippen LogP contribution in [0.4, 0.5) is 0 Å². The smallest absolute Gasteiger partial charge is 0.326 e. The number of sulfonamides is 1. The molecule has 1 atom stereocenters. The average Bonchev–Trinajstić information content (AvgIpc) is 2.75.